The summed E-state index contributed by atoms with van der Waals surface area (Å²) < 4.78 is 1.89. The maximum Gasteiger partial charge on any atom is 0.322 e. The summed E-state index contributed by atoms with van der Waals surface area (Å²) in [5, 5.41) is 18.6. The summed E-state index contributed by atoms with van der Waals surface area (Å²) in [6.45, 7) is 3.27. The Morgan fingerprint density at radius 3 is 2.77 bits per heavy atom. The van der Waals surface area contributed by atoms with Gasteiger partial charge in [0.05, 0.1) is 13.1 Å². The summed E-state index contributed by atoms with van der Waals surface area (Å²) in [6, 6.07) is 11.3. The van der Waals surface area contributed by atoms with Gasteiger partial charge >= 0.3 is 5.97 Å². The molecule has 1 aliphatic heterocycles. The molecule has 0 fully saturated rings. The Morgan fingerprint density at radius 1 is 1.27 bits per heavy atom. The average molecular weight is 389 g/mol. The molecular formula is C18H17ClN4O2S. The molecule has 0 bridgehead atoms. The van der Waals surface area contributed by atoms with Gasteiger partial charge in [0.2, 0.25) is 0 Å². The fraction of sp³-hybridized carbons (Fsp3) is 0.278. The van der Waals surface area contributed by atoms with E-state index in [2.05, 4.69) is 22.3 Å². The molecule has 1 aromatic carbocycles. The molecule has 26 heavy (non-hydrogen) atoms. The summed E-state index contributed by atoms with van der Waals surface area (Å²) in [5.74, 6) is 0.750. The zero-order chi connectivity index (χ0) is 18.3. The molecule has 1 aliphatic rings. The third kappa shape index (κ3) is 3.25. The molecule has 2 aromatic heterocycles. The topological polar surface area (TPSA) is 71.2 Å². The highest BCUT2D eigenvalue weighted by atomic mass is 35.5. The highest BCUT2D eigenvalue weighted by Gasteiger charge is 2.33. The minimum atomic E-state index is -0.821. The van der Waals surface area contributed by atoms with Gasteiger partial charge in [0.15, 0.2) is 0 Å². The number of aromatic nitrogens is 3. The van der Waals surface area contributed by atoms with Crippen LogP contribution < -0.4 is 0 Å². The maximum absolute atomic E-state index is 11.8. The number of fused-ring (bicyclic) bond motifs is 1. The lowest BCUT2D eigenvalue weighted by Gasteiger charge is -2.33. The zero-order valence-electron chi connectivity index (χ0n) is 14.1. The largest absolute Gasteiger partial charge is 0.480 e. The monoisotopic (exact) mass is 388 g/mol. The molecule has 0 radical (unpaired) electrons. The SMILES string of the molecule is Cc1nnc2n1CC(C(=O)O)N(Cc1ccc(-c3ccc(Cl)cc3)s1)C2. The van der Waals surface area contributed by atoms with Crippen molar-refractivity contribution in [3.8, 4) is 10.4 Å². The number of halogens is 1. The van der Waals surface area contributed by atoms with E-state index >= 15 is 0 Å². The van der Waals surface area contributed by atoms with Crippen molar-refractivity contribution in [3.63, 3.8) is 0 Å². The van der Waals surface area contributed by atoms with Gasteiger partial charge in [0.25, 0.3) is 0 Å². The van der Waals surface area contributed by atoms with Crippen LogP contribution in [-0.4, -0.2) is 36.8 Å². The summed E-state index contributed by atoms with van der Waals surface area (Å²) in [6.07, 6.45) is 0. The van der Waals surface area contributed by atoms with Crippen molar-refractivity contribution >= 4 is 28.9 Å². The van der Waals surface area contributed by atoms with Crippen molar-refractivity contribution in [2.75, 3.05) is 0 Å². The Morgan fingerprint density at radius 2 is 2.04 bits per heavy atom. The van der Waals surface area contributed by atoms with Crippen molar-refractivity contribution < 1.29 is 9.90 Å². The number of hydrogen-bond acceptors (Lipinski definition) is 5. The summed E-state index contributed by atoms with van der Waals surface area (Å²) in [5.41, 5.74) is 1.11. The van der Waals surface area contributed by atoms with Gasteiger partial charge in [0, 0.05) is 21.3 Å². The van der Waals surface area contributed by atoms with Crippen molar-refractivity contribution in [2.45, 2.75) is 32.6 Å². The van der Waals surface area contributed by atoms with Crippen LogP contribution in [0.2, 0.25) is 5.02 Å². The Bertz CT molecular complexity index is 951. The molecule has 3 aromatic rings. The third-order valence-corrected chi connectivity index (χ3v) is 5.96. The fourth-order valence-corrected chi connectivity index (χ4v) is 4.36. The third-order valence-electron chi connectivity index (χ3n) is 4.59. The van der Waals surface area contributed by atoms with Gasteiger partial charge in [-0.3, -0.25) is 9.69 Å². The fourth-order valence-electron chi connectivity index (χ4n) is 3.19. The number of nitrogens with zero attached hydrogens (tertiary/aromatic N) is 4. The van der Waals surface area contributed by atoms with Crippen LogP contribution in [0.3, 0.4) is 0 Å². The molecule has 0 saturated heterocycles. The van der Waals surface area contributed by atoms with Gasteiger partial charge in [0.1, 0.15) is 17.7 Å². The molecule has 1 atom stereocenters. The van der Waals surface area contributed by atoms with Gasteiger partial charge in [-0.25, -0.2) is 0 Å². The summed E-state index contributed by atoms with van der Waals surface area (Å²) >= 11 is 7.62. The number of aryl methyl sites for hydroxylation is 1. The molecule has 4 rings (SSSR count). The highest BCUT2D eigenvalue weighted by Crippen LogP contribution is 2.31. The molecule has 0 amide bonds. The molecule has 0 aliphatic carbocycles. The Balaban J connectivity index is 1.56. The Labute approximate surface area is 159 Å². The lowest BCUT2D eigenvalue weighted by atomic mass is 10.1. The minimum absolute atomic E-state index is 0.374. The van der Waals surface area contributed by atoms with Crippen molar-refractivity contribution in [2.24, 2.45) is 0 Å². The van der Waals surface area contributed by atoms with Crippen molar-refractivity contribution in [1.82, 2.24) is 19.7 Å². The van der Waals surface area contributed by atoms with Crippen LogP contribution in [0.5, 0.6) is 0 Å². The molecular weight excluding hydrogens is 372 g/mol. The standard InChI is InChI=1S/C18H17ClN4O2S/c1-11-20-21-17-10-22(15(18(24)25)9-23(11)17)8-14-6-7-16(26-14)12-2-4-13(19)5-3-12/h2-7,15H,8-10H2,1H3,(H,24,25). The smallest absolute Gasteiger partial charge is 0.322 e. The van der Waals surface area contributed by atoms with E-state index in [0.29, 0.717) is 24.7 Å². The first-order valence-electron chi connectivity index (χ1n) is 8.21. The molecule has 0 spiro atoms. The average Bonchev–Trinajstić information content (AvgIpc) is 3.22. The molecule has 134 valence electrons. The van der Waals surface area contributed by atoms with Crippen LogP contribution in [0.4, 0.5) is 0 Å². The molecule has 1 N–H and O–H groups in total. The second-order valence-electron chi connectivity index (χ2n) is 6.31. The molecule has 3 heterocycles. The number of carbonyl (C=O) groups is 1. The van der Waals surface area contributed by atoms with Crippen molar-refractivity contribution in [1.29, 1.82) is 0 Å². The second kappa shape index (κ2) is 6.83. The van der Waals surface area contributed by atoms with E-state index in [9.17, 15) is 9.90 Å². The first kappa shape index (κ1) is 17.2. The van der Waals surface area contributed by atoms with E-state index in [1.165, 1.54) is 0 Å². The van der Waals surface area contributed by atoms with Crippen LogP contribution in [0, 0.1) is 6.92 Å². The quantitative estimate of drug-likeness (QED) is 0.741. The van der Waals surface area contributed by atoms with Crippen LogP contribution in [0.1, 0.15) is 16.5 Å². The maximum atomic E-state index is 11.8. The predicted molar refractivity (Wildman–Crippen MR) is 100 cm³/mol. The molecule has 8 heteroatoms. The number of thiophene rings is 1. The van der Waals surface area contributed by atoms with Crippen LogP contribution >= 0.6 is 22.9 Å². The van der Waals surface area contributed by atoms with Gasteiger partial charge in [-0.2, -0.15) is 0 Å². The predicted octanol–water partition coefficient (Wildman–Crippen LogP) is 3.44. The van der Waals surface area contributed by atoms with Gasteiger partial charge in [-0.15, -0.1) is 21.5 Å². The zero-order valence-corrected chi connectivity index (χ0v) is 15.7. The number of carboxylic acid groups (broad SMARTS) is 1. The number of carboxylic acids is 1. The number of aliphatic carboxylic acids is 1. The van der Waals surface area contributed by atoms with Gasteiger partial charge in [-0.05, 0) is 36.8 Å². The number of rotatable bonds is 4. The van der Waals surface area contributed by atoms with Gasteiger partial charge in [-0.1, -0.05) is 23.7 Å². The lowest BCUT2D eigenvalue weighted by molar-refractivity contribution is -0.145. The minimum Gasteiger partial charge on any atom is -0.480 e. The molecule has 6 nitrogen and oxygen atoms in total. The van der Waals surface area contributed by atoms with Crippen LogP contribution in [-0.2, 0) is 24.4 Å². The molecule has 1 unspecified atom stereocenters. The first-order valence-corrected chi connectivity index (χ1v) is 9.41. The Kier molecular flexibility index (Phi) is 4.52. The normalized spacial score (nSPS) is 17.2. The van der Waals surface area contributed by atoms with E-state index in [0.717, 1.165) is 27.0 Å². The van der Waals surface area contributed by atoms with E-state index in [4.69, 9.17) is 11.6 Å². The lowest BCUT2D eigenvalue weighted by Crippen LogP contribution is -2.47. The Hall–Kier alpha value is -2.22. The number of hydrogen-bond donors (Lipinski definition) is 1. The molecule has 0 saturated carbocycles. The number of benzene rings is 1. The van der Waals surface area contributed by atoms with E-state index < -0.39 is 12.0 Å². The summed E-state index contributed by atoms with van der Waals surface area (Å²) in [7, 11) is 0. The summed E-state index contributed by atoms with van der Waals surface area (Å²) in [4.78, 5) is 16.0. The van der Waals surface area contributed by atoms with E-state index in [-0.39, 0.29) is 0 Å². The highest BCUT2D eigenvalue weighted by molar-refractivity contribution is 7.15. The van der Waals surface area contributed by atoms with Crippen LogP contribution in [0.15, 0.2) is 36.4 Å². The van der Waals surface area contributed by atoms with E-state index in [1.54, 1.807) is 11.3 Å². The second-order valence-corrected chi connectivity index (χ2v) is 7.91. The van der Waals surface area contributed by atoms with Crippen molar-refractivity contribution in [3.05, 3.63) is 57.9 Å². The van der Waals surface area contributed by atoms with Gasteiger partial charge < -0.3 is 9.67 Å². The first-order chi connectivity index (χ1) is 12.5. The van der Waals surface area contributed by atoms with Crippen LogP contribution in [0.25, 0.3) is 10.4 Å². The van der Waals surface area contributed by atoms with E-state index in [1.807, 2.05) is 40.7 Å².